The molecular weight excluding hydrogens is 543 g/mol. The molecule has 0 bridgehead atoms. The summed E-state index contributed by atoms with van der Waals surface area (Å²) in [6, 6.07) is 21.9. The molecular formula is C28H23Cl3N6O. The molecule has 3 heterocycles. The SMILES string of the molecule is CN1CCN(c2nn(-c3ccccc3)c3nc(-c4ccc(Cl)cc4Cl)n(-c4ccc(Cl)cc4)c(=O)c23)CC1. The predicted molar refractivity (Wildman–Crippen MR) is 155 cm³/mol. The fraction of sp³-hybridized carbons (Fsp3) is 0.179. The van der Waals surface area contributed by atoms with Crippen LogP contribution in [0.25, 0.3) is 33.8 Å². The summed E-state index contributed by atoms with van der Waals surface area (Å²) in [5.41, 5.74) is 2.22. The second-order valence-electron chi connectivity index (χ2n) is 9.24. The number of anilines is 1. The second kappa shape index (κ2) is 10.1. The zero-order valence-corrected chi connectivity index (χ0v) is 22.7. The number of rotatable bonds is 4. The van der Waals surface area contributed by atoms with Gasteiger partial charge in [-0.1, -0.05) is 53.0 Å². The van der Waals surface area contributed by atoms with E-state index >= 15 is 0 Å². The van der Waals surface area contributed by atoms with Gasteiger partial charge < -0.3 is 9.80 Å². The van der Waals surface area contributed by atoms with E-state index in [1.807, 2.05) is 30.3 Å². The van der Waals surface area contributed by atoms with Crippen LogP contribution in [0.15, 0.2) is 77.6 Å². The number of benzene rings is 3. The molecule has 0 saturated carbocycles. The van der Waals surface area contributed by atoms with E-state index in [0.29, 0.717) is 49.0 Å². The Labute approximate surface area is 234 Å². The quantitative estimate of drug-likeness (QED) is 0.270. The van der Waals surface area contributed by atoms with Gasteiger partial charge in [-0.05, 0) is 61.6 Å². The molecule has 0 N–H and O–H groups in total. The molecule has 2 aromatic heterocycles. The molecule has 0 radical (unpaired) electrons. The van der Waals surface area contributed by atoms with Crippen LogP contribution in [0, 0.1) is 0 Å². The zero-order valence-electron chi connectivity index (χ0n) is 20.5. The van der Waals surface area contributed by atoms with Gasteiger partial charge in [-0.2, -0.15) is 0 Å². The fourth-order valence-electron chi connectivity index (χ4n) is 4.72. The highest BCUT2D eigenvalue weighted by Crippen LogP contribution is 2.33. The average molecular weight is 566 g/mol. The van der Waals surface area contributed by atoms with E-state index in [9.17, 15) is 4.79 Å². The van der Waals surface area contributed by atoms with Crippen molar-refractivity contribution in [2.75, 3.05) is 38.1 Å². The van der Waals surface area contributed by atoms with Crippen LogP contribution < -0.4 is 10.5 Å². The maximum Gasteiger partial charge on any atom is 0.271 e. The Bertz CT molecular complexity index is 1690. The standard InChI is InChI=1S/C28H23Cl3N6O/c1-34-13-15-35(16-14-34)27-24-26(37(33-27)21-5-3-2-4-6-21)32-25(22-12-9-19(30)17-23(22)31)36(28(24)38)20-10-7-18(29)8-11-20/h2-12,17H,13-16H2,1H3. The highest BCUT2D eigenvalue weighted by atomic mass is 35.5. The Kier molecular flexibility index (Phi) is 6.61. The molecule has 6 rings (SSSR count). The lowest BCUT2D eigenvalue weighted by Crippen LogP contribution is -2.45. The highest BCUT2D eigenvalue weighted by molar-refractivity contribution is 6.36. The summed E-state index contributed by atoms with van der Waals surface area (Å²) in [5, 5.41) is 6.85. The number of piperazine rings is 1. The van der Waals surface area contributed by atoms with Gasteiger partial charge in [0.05, 0.1) is 16.4 Å². The summed E-state index contributed by atoms with van der Waals surface area (Å²) in [4.78, 5) is 24.0. The first-order valence-corrected chi connectivity index (χ1v) is 13.3. The normalized spacial score (nSPS) is 14.4. The monoisotopic (exact) mass is 564 g/mol. The molecule has 192 valence electrons. The van der Waals surface area contributed by atoms with Gasteiger partial charge in [0.1, 0.15) is 5.39 Å². The zero-order chi connectivity index (χ0) is 26.4. The lowest BCUT2D eigenvalue weighted by Gasteiger charge is -2.32. The Morgan fingerprint density at radius 1 is 0.789 bits per heavy atom. The van der Waals surface area contributed by atoms with E-state index in [0.717, 1.165) is 31.9 Å². The van der Waals surface area contributed by atoms with Gasteiger partial charge in [-0.25, -0.2) is 9.67 Å². The summed E-state index contributed by atoms with van der Waals surface area (Å²) in [6.07, 6.45) is 0. The van der Waals surface area contributed by atoms with E-state index < -0.39 is 0 Å². The predicted octanol–water partition coefficient (Wildman–Crippen LogP) is 5.95. The molecule has 3 aromatic carbocycles. The number of nitrogens with zero attached hydrogens (tertiary/aromatic N) is 6. The molecule has 10 heteroatoms. The number of likely N-dealkylation sites (N-methyl/N-ethyl adjacent to an activating group) is 1. The van der Waals surface area contributed by atoms with Gasteiger partial charge in [-0.15, -0.1) is 5.10 Å². The van der Waals surface area contributed by atoms with Gasteiger partial charge in [0.2, 0.25) is 0 Å². The summed E-state index contributed by atoms with van der Waals surface area (Å²) < 4.78 is 3.31. The molecule has 1 saturated heterocycles. The van der Waals surface area contributed by atoms with Crippen molar-refractivity contribution in [2.45, 2.75) is 0 Å². The van der Waals surface area contributed by atoms with Crippen LogP contribution >= 0.6 is 34.8 Å². The van der Waals surface area contributed by atoms with Gasteiger partial charge >= 0.3 is 0 Å². The largest absolute Gasteiger partial charge is 0.352 e. The Morgan fingerprint density at radius 2 is 1.47 bits per heavy atom. The van der Waals surface area contributed by atoms with Crippen LogP contribution in [0.2, 0.25) is 15.1 Å². The van der Waals surface area contributed by atoms with E-state index in [1.165, 1.54) is 0 Å². The lowest BCUT2D eigenvalue weighted by molar-refractivity contribution is 0.312. The summed E-state index contributed by atoms with van der Waals surface area (Å²) in [6.45, 7) is 3.25. The summed E-state index contributed by atoms with van der Waals surface area (Å²) >= 11 is 19.0. The minimum atomic E-state index is -0.241. The first-order chi connectivity index (χ1) is 18.4. The first-order valence-electron chi connectivity index (χ1n) is 12.2. The lowest BCUT2D eigenvalue weighted by atomic mass is 10.1. The summed E-state index contributed by atoms with van der Waals surface area (Å²) in [5.74, 6) is 0.999. The Hall–Kier alpha value is -3.36. The van der Waals surface area contributed by atoms with Crippen LogP contribution in [0.3, 0.4) is 0 Å². The van der Waals surface area contributed by atoms with E-state index in [1.54, 1.807) is 51.7 Å². The second-order valence-corrected chi connectivity index (χ2v) is 10.5. The van der Waals surface area contributed by atoms with Gasteiger partial charge in [-0.3, -0.25) is 9.36 Å². The molecule has 7 nitrogen and oxygen atoms in total. The van der Waals surface area contributed by atoms with Gasteiger partial charge in [0.25, 0.3) is 5.56 Å². The van der Waals surface area contributed by atoms with Crippen molar-refractivity contribution >= 4 is 51.7 Å². The first kappa shape index (κ1) is 24.9. The minimum Gasteiger partial charge on any atom is -0.352 e. The maximum absolute atomic E-state index is 14.5. The molecule has 1 fully saturated rings. The van der Waals surface area contributed by atoms with Crippen LogP contribution in [0.4, 0.5) is 5.82 Å². The molecule has 0 amide bonds. The van der Waals surface area contributed by atoms with Crippen molar-refractivity contribution in [1.82, 2.24) is 24.2 Å². The molecule has 38 heavy (non-hydrogen) atoms. The third-order valence-electron chi connectivity index (χ3n) is 6.74. The van der Waals surface area contributed by atoms with Gasteiger partial charge in [0.15, 0.2) is 17.3 Å². The Balaban J connectivity index is 1.71. The van der Waals surface area contributed by atoms with Crippen LogP contribution in [-0.4, -0.2) is 57.5 Å². The maximum atomic E-state index is 14.5. The highest BCUT2D eigenvalue weighted by Gasteiger charge is 2.27. The average Bonchev–Trinajstić information content (AvgIpc) is 3.30. The molecule has 0 atom stereocenters. The smallest absolute Gasteiger partial charge is 0.271 e. The van der Waals surface area contributed by atoms with E-state index in [2.05, 4.69) is 16.8 Å². The molecule has 1 aliphatic heterocycles. The Morgan fingerprint density at radius 3 is 2.16 bits per heavy atom. The minimum absolute atomic E-state index is 0.241. The van der Waals surface area contributed by atoms with Crippen molar-refractivity contribution in [1.29, 1.82) is 0 Å². The van der Waals surface area contributed by atoms with Crippen LogP contribution in [0.1, 0.15) is 0 Å². The molecule has 1 aliphatic rings. The molecule has 0 aliphatic carbocycles. The number of hydrogen-bond donors (Lipinski definition) is 0. The number of fused-ring (bicyclic) bond motifs is 1. The topological polar surface area (TPSA) is 59.2 Å². The summed E-state index contributed by atoms with van der Waals surface area (Å²) in [7, 11) is 2.09. The third kappa shape index (κ3) is 4.46. The fourth-order valence-corrected chi connectivity index (χ4v) is 5.34. The van der Waals surface area contributed by atoms with Crippen molar-refractivity contribution in [3.8, 4) is 22.8 Å². The van der Waals surface area contributed by atoms with E-state index in [4.69, 9.17) is 44.9 Å². The van der Waals surface area contributed by atoms with Crippen molar-refractivity contribution in [3.63, 3.8) is 0 Å². The number of halogens is 3. The van der Waals surface area contributed by atoms with Crippen LogP contribution in [-0.2, 0) is 0 Å². The van der Waals surface area contributed by atoms with Crippen molar-refractivity contribution in [2.24, 2.45) is 0 Å². The van der Waals surface area contributed by atoms with Crippen molar-refractivity contribution < 1.29 is 0 Å². The molecule has 5 aromatic rings. The van der Waals surface area contributed by atoms with E-state index in [-0.39, 0.29) is 5.56 Å². The molecule has 0 unspecified atom stereocenters. The number of aromatic nitrogens is 4. The van der Waals surface area contributed by atoms with Crippen LogP contribution in [0.5, 0.6) is 0 Å². The molecule has 0 spiro atoms. The number of hydrogen-bond acceptors (Lipinski definition) is 5. The van der Waals surface area contributed by atoms with Gasteiger partial charge in [0, 0.05) is 41.8 Å². The third-order valence-corrected chi connectivity index (χ3v) is 7.54. The van der Waals surface area contributed by atoms with Crippen molar-refractivity contribution in [3.05, 3.63) is 98.2 Å². The number of para-hydroxylation sites is 1.